The molecule has 1 aromatic rings. The van der Waals surface area contributed by atoms with Crippen molar-refractivity contribution < 1.29 is 4.74 Å². The molecule has 0 saturated carbocycles. The molecule has 1 N–H and O–H groups in total. The monoisotopic (exact) mass is 295 g/mol. The van der Waals surface area contributed by atoms with Gasteiger partial charge in [-0.2, -0.15) is 0 Å². The third kappa shape index (κ3) is 4.21. The Labute approximate surface area is 127 Å². The van der Waals surface area contributed by atoms with Gasteiger partial charge in [0.05, 0.1) is 12.7 Å². The van der Waals surface area contributed by atoms with Crippen molar-refractivity contribution in [3.63, 3.8) is 0 Å². The first-order valence-electron chi connectivity index (χ1n) is 7.70. The van der Waals surface area contributed by atoms with Crippen molar-refractivity contribution in [2.24, 2.45) is 5.92 Å². The Hall–Kier alpha value is -0.570. The predicted molar refractivity (Wildman–Crippen MR) is 85.5 cm³/mol. The summed E-state index contributed by atoms with van der Waals surface area (Å²) in [7, 11) is 0. The van der Waals surface area contributed by atoms with E-state index >= 15 is 0 Å². The third-order valence-corrected chi connectivity index (χ3v) is 4.46. The summed E-state index contributed by atoms with van der Waals surface area (Å²) in [6, 6.07) is 6.82. The Morgan fingerprint density at radius 3 is 2.85 bits per heavy atom. The zero-order chi connectivity index (χ0) is 14.5. The van der Waals surface area contributed by atoms with Crippen LogP contribution >= 0.6 is 11.6 Å². The molecular formula is C17H26ClNO. The molecule has 0 bridgehead atoms. The van der Waals surface area contributed by atoms with Gasteiger partial charge in [0.2, 0.25) is 0 Å². The standard InChI is InChI=1S/C17H26ClNO/c1-4-7-19-17(15-9-13(3)20-11-15)10-14-6-5-12(2)8-16(14)18/h5-6,8,13,15,17,19H,4,7,9-11H2,1-3H3. The number of aryl methyl sites for hydroxylation is 1. The van der Waals surface area contributed by atoms with E-state index in [1.807, 2.05) is 0 Å². The van der Waals surface area contributed by atoms with E-state index in [0.717, 1.165) is 37.4 Å². The van der Waals surface area contributed by atoms with Crippen LogP contribution in [0.4, 0.5) is 0 Å². The minimum absolute atomic E-state index is 0.388. The first-order valence-corrected chi connectivity index (χ1v) is 8.08. The fourth-order valence-corrected chi connectivity index (χ4v) is 3.23. The van der Waals surface area contributed by atoms with Gasteiger partial charge in [0, 0.05) is 17.0 Å². The van der Waals surface area contributed by atoms with Crippen LogP contribution in [0.25, 0.3) is 0 Å². The highest BCUT2D eigenvalue weighted by Gasteiger charge is 2.29. The van der Waals surface area contributed by atoms with Crippen LogP contribution in [0.3, 0.4) is 0 Å². The highest BCUT2D eigenvalue weighted by molar-refractivity contribution is 6.31. The predicted octanol–water partition coefficient (Wildman–Crippen LogP) is 3.98. The largest absolute Gasteiger partial charge is 0.378 e. The molecule has 1 aliphatic rings. The molecule has 0 radical (unpaired) electrons. The number of hydrogen-bond donors (Lipinski definition) is 1. The van der Waals surface area contributed by atoms with Crippen molar-refractivity contribution in [3.8, 4) is 0 Å². The molecular weight excluding hydrogens is 270 g/mol. The van der Waals surface area contributed by atoms with Crippen LogP contribution in [0, 0.1) is 12.8 Å². The molecule has 20 heavy (non-hydrogen) atoms. The van der Waals surface area contributed by atoms with E-state index in [0.29, 0.717) is 18.1 Å². The van der Waals surface area contributed by atoms with Gasteiger partial charge in [-0.15, -0.1) is 0 Å². The number of rotatable bonds is 6. The van der Waals surface area contributed by atoms with E-state index in [2.05, 4.69) is 44.3 Å². The number of nitrogens with one attached hydrogen (secondary N) is 1. The molecule has 0 amide bonds. The number of ether oxygens (including phenoxy) is 1. The van der Waals surface area contributed by atoms with Gasteiger partial charge in [0.15, 0.2) is 0 Å². The molecule has 0 spiro atoms. The molecule has 1 fully saturated rings. The van der Waals surface area contributed by atoms with Gasteiger partial charge in [0.25, 0.3) is 0 Å². The van der Waals surface area contributed by atoms with Crippen molar-refractivity contribution in [2.45, 2.75) is 52.2 Å². The highest BCUT2D eigenvalue weighted by atomic mass is 35.5. The van der Waals surface area contributed by atoms with Crippen LogP contribution in [0.1, 0.15) is 37.8 Å². The number of hydrogen-bond acceptors (Lipinski definition) is 2. The molecule has 0 aliphatic carbocycles. The van der Waals surface area contributed by atoms with E-state index < -0.39 is 0 Å². The lowest BCUT2D eigenvalue weighted by Gasteiger charge is -2.24. The van der Waals surface area contributed by atoms with Crippen LogP contribution in [0.15, 0.2) is 18.2 Å². The zero-order valence-electron chi connectivity index (χ0n) is 12.8. The summed E-state index contributed by atoms with van der Waals surface area (Å²) < 4.78 is 5.74. The summed E-state index contributed by atoms with van der Waals surface area (Å²) in [5.74, 6) is 0.592. The van der Waals surface area contributed by atoms with Crippen molar-refractivity contribution >= 4 is 11.6 Å². The maximum absolute atomic E-state index is 6.38. The molecule has 3 unspecified atom stereocenters. The van der Waals surface area contributed by atoms with Gasteiger partial charge >= 0.3 is 0 Å². The molecule has 1 heterocycles. The second-order valence-corrected chi connectivity index (χ2v) is 6.41. The van der Waals surface area contributed by atoms with Gasteiger partial charge in [-0.3, -0.25) is 0 Å². The van der Waals surface area contributed by atoms with Gasteiger partial charge in [0.1, 0.15) is 0 Å². The summed E-state index contributed by atoms with van der Waals surface area (Å²) in [6.45, 7) is 8.37. The fraction of sp³-hybridized carbons (Fsp3) is 0.647. The van der Waals surface area contributed by atoms with E-state index in [-0.39, 0.29) is 0 Å². The first-order chi connectivity index (χ1) is 9.60. The quantitative estimate of drug-likeness (QED) is 0.857. The van der Waals surface area contributed by atoms with Gasteiger partial charge < -0.3 is 10.1 Å². The topological polar surface area (TPSA) is 21.3 Å². The molecule has 1 saturated heterocycles. The van der Waals surface area contributed by atoms with E-state index in [1.165, 1.54) is 11.1 Å². The lowest BCUT2D eigenvalue weighted by molar-refractivity contribution is 0.117. The van der Waals surface area contributed by atoms with Crippen molar-refractivity contribution in [1.29, 1.82) is 0 Å². The van der Waals surface area contributed by atoms with Gasteiger partial charge in [-0.25, -0.2) is 0 Å². The smallest absolute Gasteiger partial charge is 0.0551 e. The summed E-state index contributed by atoms with van der Waals surface area (Å²) in [5, 5.41) is 4.57. The Bertz CT molecular complexity index is 435. The average Bonchev–Trinajstić information content (AvgIpc) is 2.83. The molecule has 3 heteroatoms. The second-order valence-electron chi connectivity index (χ2n) is 6.00. The molecule has 1 aromatic carbocycles. The maximum Gasteiger partial charge on any atom is 0.0551 e. The molecule has 1 aliphatic heterocycles. The lowest BCUT2D eigenvalue weighted by Crippen LogP contribution is -2.39. The Morgan fingerprint density at radius 2 is 2.25 bits per heavy atom. The zero-order valence-corrected chi connectivity index (χ0v) is 13.5. The van der Waals surface area contributed by atoms with Crippen LogP contribution in [0.5, 0.6) is 0 Å². The minimum Gasteiger partial charge on any atom is -0.378 e. The van der Waals surface area contributed by atoms with Crippen LogP contribution < -0.4 is 5.32 Å². The minimum atomic E-state index is 0.388. The summed E-state index contributed by atoms with van der Waals surface area (Å²) in [4.78, 5) is 0. The van der Waals surface area contributed by atoms with Crippen molar-refractivity contribution in [2.75, 3.05) is 13.2 Å². The van der Waals surface area contributed by atoms with Crippen molar-refractivity contribution in [3.05, 3.63) is 34.3 Å². The van der Waals surface area contributed by atoms with Crippen molar-refractivity contribution in [1.82, 2.24) is 5.32 Å². The molecule has 2 nitrogen and oxygen atoms in total. The molecule has 0 aromatic heterocycles. The maximum atomic E-state index is 6.38. The Morgan fingerprint density at radius 1 is 1.45 bits per heavy atom. The van der Waals surface area contributed by atoms with Crippen LogP contribution in [-0.2, 0) is 11.2 Å². The third-order valence-electron chi connectivity index (χ3n) is 4.10. The van der Waals surface area contributed by atoms with E-state index in [1.54, 1.807) is 0 Å². The Balaban J connectivity index is 2.06. The number of benzene rings is 1. The number of halogens is 1. The SMILES string of the molecule is CCCNC(Cc1ccc(C)cc1Cl)C1COC(C)C1. The normalized spacial score (nSPS) is 24.0. The van der Waals surface area contributed by atoms with Gasteiger partial charge in [-0.05, 0) is 56.8 Å². The van der Waals surface area contributed by atoms with Crippen LogP contribution in [0.2, 0.25) is 5.02 Å². The van der Waals surface area contributed by atoms with E-state index in [4.69, 9.17) is 16.3 Å². The summed E-state index contributed by atoms with van der Waals surface area (Å²) in [6.07, 6.45) is 3.67. The fourth-order valence-electron chi connectivity index (χ4n) is 2.92. The molecule has 112 valence electrons. The lowest BCUT2D eigenvalue weighted by atomic mass is 9.91. The summed E-state index contributed by atoms with van der Waals surface area (Å²) in [5.41, 5.74) is 2.46. The highest BCUT2D eigenvalue weighted by Crippen LogP contribution is 2.27. The Kier molecular flexibility index (Phi) is 5.88. The van der Waals surface area contributed by atoms with Crippen LogP contribution in [-0.4, -0.2) is 25.3 Å². The first kappa shape index (κ1) is 15.8. The summed E-state index contributed by atoms with van der Waals surface area (Å²) >= 11 is 6.38. The average molecular weight is 296 g/mol. The van der Waals surface area contributed by atoms with Gasteiger partial charge in [-0.1, -0.05) is 30.7 Å². The molecule has 3 atom stereocenters. The van der Waals surface area contributed by atoms with E-state index in [9.17, 15) is 0 Å². The molecule has 2 rings (SSSR count). The second kappa shape index (κ2) is 7.44.